The van der Waals surface area contributed by atoms with Crippen LogP contribution >= 0.6 is 0 Å². The first-order chi connectivity index (χ1) is 14.1. The normalized spacial score (nSPS) is 21.8. The van der Waals surface area contributed by atoms with Gasteiger partial charge in [-0.3, -0.25) is 0 Å². The molecule has 2 aliphatic carbocycles. The van der Waals surface area contributed by atoms with E-state index < -0.39 is 5.97 Å². The van der Waals surface area contributed by atoms with Crippen molar-refractivity contribution >= 4 is 12.0 Å². The summed E-state index contributed by atoms with van der Waals surface area (Å²) in [5.74, 6) is 1.41. The van der Waals surface area contributed by atoms with Gasteiger partial charge in [0.1, 0.15) is 17.3 Å². The number of ether oxygens (including phenoxy) is 1. The molecule has 1 heterocycles. The zero-order valence-electron chi connectivity index (χ0n) is 18.6. The topological polar surface area (TPSA) is 62.5 Å². The zero-order valence-corrected chi connectivity index (χ0v) is 18.6. The Hall–Kier alpha value is -2.49. The van der Waals surface area contributed by atoms with Crippen LogP contribution in [0.1, 0.15) is 93.1 Å². The molecule has 0 saturated heterocycles. The van der Waals surface area contributed by atoms with Crippen molar-refractivity contribution in [3.63, 3.8) is 0 Å². The molecule has 0 fully saturated rings. The first-order valence-corrected chi connectivity index (χ1v) is 10.9. The summed E-state index contributed by atoms with van der Waals surface area (Å²) >= 11 is 0. The Balaban J connectivity index is 1.83. The van der Waals surface area contributed by atoms with Crippen molar-refractivity contribution in [3.05, 3.63) is 58.0 Å². The van der Waals surface area contributed by atoms with Gasteiger partial charge in [0.05, 0.1) is 13.1 Å². The van der Waals surface area contributed by atoms with E-state index in [0.717, 1.165) is 42.4 Å². The highest BCUT2D eigenvalue weighted by Crippen LogP contribution is 2.50. The molecule has 0 amide bonds. The van der Waals surface area contributed by atoms with Gasteiger partial charge in [0.25, 0.3) is 0 Å². The number of hydrogen-bond donors (Lipinski definition) is 0. The molecule has 4 nitrogen and oxygen atoms in total. The SMILES string of the molecule is COc1cc2c(cc1C1CCCc3oc(/C=C/C(=O)[O-])cc31)C(C)(C)CCC2(C)C. The number of carboxylic acid groups (broad SMARTS) is 1. The van der Waals surface area contributed by atoms with Crippen LogP contribution in [0, 0.1) is 0 Å². The number of hydrogen-bond acceptors (Lipinski definition) is 4. The fourth-order valence-electron chi connectivity index (χ4n) is 5.19. The Morgan fingerprint density at radius 2 is 1.77 bits per heavy atom. The lowest BCUT2D eigenvalue weighted by Crippen LogP contribution is -2.34. The Bertz CT molecular complexity index is 1010. The maximum atomic E-state index is 10.8. The van der Waals surface area contributed by atoms with Crippen molar-refractivity contribution in [1.29, 1.82) is 0 Å². The predicted octanol–water partition coefficient (Wildman–Crippen LogP) is 4.87. The number of benzene rings is 1. The maximum absolute atomic E-state index is 10.8. The van der Waals surface area contributed by atoms with Crippen LogP contribution in [0.4, 0.5) is 0 Å². The van der Waals surface area contributed by atoms with Crippen LogP contribution < -0.4 is 9.84 Å². The third-order valence-electron chi connectivity index (χ3n) is 7.10. The molecule has 0 saturated carbocycles. The summed E-state index contributed by atoms with van der Waals surface area (Å²) in [6.07, 6.45) is 7.75. The van der Waals surface area contributed by atoms with Crippen LogP contribution in [-0.4, -0.2) is 13.1 Å². The van der Waals surface area contributed by atoms with Crippen molar-refractivity contribution in [2.45, 2.75) is 76.5 Å². The molecule has 4 heteroatoms. The van der Waals surface area contributed by atoms with Gasteiger partial charge in [-0.25, -0.2) is 0 Å². The highest BCUT2D eigenvalue weighted by molar-refractivity contribution is 5.83. The van der Waals surface area contributed by atoms with E-state index in [2.05, 4.69) is 39.8 Å². The van der Waals surface area contributed by atoms with Crippen LogP contribution in [0.25, 0.3) is 6.08 Å². The summed E-state index contributed by atoms with van der Waals surface area (Å²) in [7, 11) is 1.75. The van der Waals surface area contributed by atoms with E-state index in [-0.39, 0.29) is 16.7 Å². The zero-order chi connectivity index (χ0) is 21.7. The van der Waals surface area contributed by atoms with Crippen molar-refractivity contribution in [1.82, 2.24) is 0 Å². The van der Waals surface area contributed by atoms with Gasteiger partial charge >= 0.3 is 0 Å². The molecule has 0 N–H and O–H groups in total. The number of carbonyl (C=O) groups is 1. The van der Waals surface area contributed by atoms with E-state index >= 15 is 0 Å². The largest absolute Gasteiger partial charge is 0.545 e. The molecule has 30 heavy (non-hydrogen) atoms. The number of fused-ring (bicyclic) bond motifs is 2. The third kappa shape index (κ3) is 3.57. The van der Waals surface area contributed by atoms with E-state index in [1.807, 2.05) is 6.07 Å². The lowest BCUT2D eigenvalue weighted by atomic mass is 9.62. The lowest BCUT2D eigenvalue weighted by Gasteiger charge is -2.42. The number of rotatable bonds is 4. The molecule has 160 valence electrons. The number of aliphatic carboxylic acids is 1. The fraction of sp³-hybridized carbons (Fsp3) is 0.500. The van der Waals surface area contributed by atoms with Gasteiger partial charge in [-0.05, 0) is 71.9 Å². The number of carbonyl (C=O) groups excluding carboxylic acids is 1. The average Bonchev–Trinajstić information content (AvgIpc) is 3.12. The molecule has 1 unspecified atom stereocenters. The molecule has 1 aromatic carbocycles. The third-order valence-corrected chi connectivity index (χ3v) is 7.10. The standard InChI is InChI=1S/C26H32O4/c1-25(2)11-12-26(3,4)21-15-23(29-5)19(14-20(21)25)17-7-6-8-22-18(17)13-16(30-22)9-10-24(27)28/h9-10,13-15,17H,6-8,11-12H2,1-5H3,(H,27,28)/p-1/b10-9+. The minimum atomic E-state index is -1.22. The maximum Gasteiger partial charge on any atom is 0.127 e. The van der Waals surface area contributed by atoms with E-state index in [9.17, 15) is 9.90 Å². The highest BCUT2D eigenvalue weighted by atomic mass is 16.5. The van der Waals surface area contributed by atoms with Crippen molar-refractivity contribution in [2.24, 2.45) is 0 Å². The van der Waals surface area contributed by atoms with Crippen molar-refractivity contribution < 1.29 is 19.1 Å². The minimum absolute atomic E-state index is 0.127. The fourth-order valence-corrected chi connectivity index (χ4v) is 5.19. The summed E-state index contributed by atoms with van der Waals surface area (Å²) in [6, 6.07) is 6.61. The minimum Gasteiger partial charge on any atom is -0.545 e. The smallest absolute Gasteiger partial charge is 0.127 e. The summed E-state index contributed by atoms with van der Waals surface area (Å²) in [5, 5.41) is 10.8. The van der Waals surface area contributed by atoms with Gasteiger partial charge < -0.3 is 19.1 Å². The van der Waals surface area contributed by atoms with Crippen molar-refractivity contribution in [3.8, 4) is 5.75 Å². The summed E-state index contributed by atoms with van der Waals surface area (Å²) < 4.78 is 11.8. The van der Waals surface area contributed by atoms with E-state index in [4.69, 9.17) is 9.15 Å². The van der Waals surface area contributed by atoms with Gasteiger partial charge in [-0.15, -0.1) is 0 Å². The van der Waals surface area contributed by atoms with Crippen LogP contribution in [0.5, 0.6) is 5.75 Å². The van der Waals surface area contributed by atoms with Crippen LogP contribution in [0.3, 0.4) is 0 Å². The second-order valence-electron chi connectivity index (χ2n) is 10.0. The molecule has 0 radical (unpaired) electrons. The van der Waals surface area contributed by atoms with E-state index in [0.29, 0.717) is 5.76 Å². The number of furan rings is 1. The highest BCUT2D eigenvalue weighted by Gasteiger charge is 2.39. The van der Waals surface area contributed by atoms with Crippen molar-refractivity contribution in [2.75, 3.05) is 7.11 Å². The number of carboxylic acids is 1. The number of aryl methyl sites for hydroxylation is 1. The first-order valence-electron chi connectivity index (χ1n) is 10.9. The molecule has 0 aliphatic heterocycles. The molecule has 2 aliphatic rings. The Labute approximate surface area is 178 Å². The number of methoxy groups -OCH3 is 1. The van der Waals surface area contributed by atoms with Gasteiger partial charge in [-0.2, -0.15) is 0 Å². The van der Waals surface area contributed by atoms with Gasteiger partial charge in [0.2, 0.25) is 0 Å². The molecular weight excluding hydrogens is 376 g/mol. The molecular formula is C26H31O4-. The average molecular weight is 408 g/mol. The summed E-state index contributed by atoms with van der Waals surface area (Å²) in [5.41, 5.74) is 5.42. The molecule has 4 rings (SSSR count). The van der Waals surface area contributed by atoms with Crippen LogP contribution in [0.2, 0.25) is 0 Å². The van der Waals surface area contributed by atoms with Gasteiger partial charge in [0, 0.05) is 23.5 Å². The Morgan fingerprint density at radius 1 is 1.10 bits per heavy atom. The summed E-state index contributed by atoms with van der Waals surface area (Å²) in [6.45, 7) is 9.32. The first kappa shape index (κ1) is 20.8. The van der Waals surface area contributed by atoms with E-state index in [1.165, 1.54) is 35.6 Å². The molecule has 2 aromatic rings. The molecule has 1 aromatic heterocycles. The van der Waals surface area contributed by atoms with E-state index in [1.54, 1.807) is 7.11 Å². The quantitative estimate of drug-likeness (QED) is 0.679. The monoisotopic (exact) mass is 407 g/mol. The second-order valence-corrected chi connectivity index (χ2v) is 10.0. The van der Waals surface area contributed by atoms with Gasteiger partial charge in [0.15, 0.2) is 0 Å². The second kappa shape index (κ2) is 7.33. The molecule has 0 spiro atoms. The Morgan fingerprint density at radius 3 is 2.40 bits per heavy atom. The molecule has 1 atom stereocenters. The Kier molecular flexibility index (Phi) is 5.08. The molecule has 0 bridgehead atoms. The van der Waals surface area contributed by atoms with Gasteiger partial charge in [-0.1, -0.05) is 33.8 Å². The van der Waals surface area contributed by atoms with Crippen LogP contribution in [-0.2, 0) is 22.0 Å². The van der Waals surface area contributed by atoms with Crippen LogP contribution in [0.15, 0.2) is 28.7 Å². The predicted molar refractivity (Wildman–Crippen MR) is 116 cm³/mol. The lowest BCUT2D eigenvalue weighted by molar-refractivity contribution is -0.297. The summed E-state index contributed by atoms with van der Waals surface area (Å²) in [4.78, 5) is 10.8.